The molecule has 1 atom stereocenters. The molecule has 114 valence electrons. The second kappa shape index (κ2) is 6.51. The van der Waals surface area contributed by atoms with E-state index in [1.165, 1.54) is 12.0 Å². The van der Waals surface area contributed by atoms with Gasteiger partial charge in [-0.1, -0.05) is 23.7 Å². The van der Waals surface area contributed by atoms with Crippen molar-refractivity contribution in [3.05, 3.63) is 64.7 Å². The van der Waals surface area contributed by atoms with Gasteiger partial charge in [0.15, 0.2) is 0 Å². The monoisotopic (exact) mass is 314 g/mol. The zero-order chi connectivity index (χ0) is 15.5. The molecule has 0 aromatic heterocycles. The molecule has 0 spiro atoms. The molecule has 3 nitrogen and oxygen atoms in total. The molecule has 0 bridgehead atoms. The van der Waals surface area contributed by atoms with E-state index in [9.17, 15) is 4.79 Å². The molecular weight excluding hydrogens is 296 g/mol. The van der Waals surface area contributed by atoms with Gasteiger partial charge in [-0.05, 0) is 67.9 Å². The number of carbonyl (C=O) groups excluding carboxylic acids is 1. The Morgan fingerprint density at radius 1 is 1.14 bits per heavy atom. The molecule has 2 aromatic carbocycles. The summed E-state index contributed by atoms with van der Waals surface area (Å²) in [5.74, 6) is 0.482. The van der Waals surface area contributed by atoms with Gasteiger partial charge >= 0.3 is 0 Å². The molecular formula is C18H19ClN2O. The number of nitrogens with one attached hydrogen (secondary N) is 1. The Kier molecular flexibility index (Phi) is 4.46. The maximum absolute atomic E-state index is 12.1. The van der Waals surface area contributed by atoms with Crippen LogP contribution in [0, 0.1) is 0 Å². The summed E-state index contributed by atoms with van der Waals surface area (Å²) in [7, 11) is 2.15. The van der Waals surface area contributed by atoms with Crippen LogP contribution in [0.1, 0.15) is 28.3 Å². The second-order valence-corrected chi connectivity index (χ2v) is 6.27. The highest BCUT2D eigenvalue weighted by atomic mass is 35.5. The molecule has 1 amide bonds. The number of amides is 1. The minimum Gasteiger partial charge on any atom is -0.322 e. The predicted molar refractivity (Wildman–Crippen MR) is 90.7 cm³/mol. The molecule has 1 heterocycles. The van der Waals surface area contributed by atoms with Crippen molar-refractivity contribution in [2.24, 2.45) is 0 Å². The Bertz CT molecular complexity index is 652. The van der Waals surface area contributed by atoms with Gasteiger partial charge in [0.1, 0.15) is 0 Å². The Hall–Kier alpha value is -1.84. The molecule has 3 rings (SSSR count). The van der Waals surface area contributed by atoms with Crippen molar-refractivity contribution in [1.29, 1.82) is 0 Å². The Labute approximate surface area is 135 Å². The fraction of sp³-hybridized carbons (Fsp3) is 0.278. The van der Waals surface area contributed by atoms with Crippen LogP contribution in [0.15, 0.2) is 48.5 Å². The highest BCUT2D eigenvalue weighted by Crippen LogP contribution is 2.27. The van der Waals surface area contributed by atoms with E-state index in [2.05, 4.69) is 29.4 Å². The normalized spacial score (nSPS) is 18.4. The van der Waals surface area contributed by atoms with E-state index in [1.807, 2.05) is 12.1 Å². The van der Waals surface area contributed by atoms with E-state index >= 15 is 0 Å². The summed E-state index contributed by atoms with van der Waals surface area (Å²) in [6.07, 6.45) is 1.20. The maximum Gasteiger partial charge on any atom is 0.255 e. The van der Waals surface area contributed by atoms with Crippen molar-refractivity contribution in [1.82, 2.24) is 4.90 Å². The minimum atomic E-state index is -0.120. The predicted octanol–water partition coefficient (Wildman–Crippen LogP) is 4.01. The van der Waals surface area contributed by atoms with Crippen molar-refractivity contribution in [3.8, 4) is 0 Å². The standard InChI is InChI=1S/C18H19ClN2O/c1-21-11-10-15(12-21)13-4-8-17(9-5-13)20-18(22)14-2-6-16(19)7-3-14/h2-9,15H,10-12H2,1H3,(H,20,22)/t15-/m1/s1. The zero-order valence-electron chi connectivity index (χ0n) is 12.6. The lowest BCUT2D eigenvalue weighted by Crippen LogP contribution is -2.13. The SMILES string of the molecule is CN1CC[C@@H](c2ccc(NC(=O)c3ccc(Cl)cc3)cc2)C1. The molecule has 1 fully saturated rings. The summed E-state index contributed by atoms with van der Waals surface area (Å²) in [6, 6.07) is 15.1. The van der Waals surface area contributed by atoms with E-state index in [1.54, 1.807) is 24.3 Å². The van der Waals surface area contributed by atoms with Crippen LogP contribution in [-0.4, -0.2) is 30.9 Å². The van der Waals surface area contributed by atoms with Gasteiger partial charge in [-0.15, -0.1) is 0 Å². The molecule has 0 radical (unpaired) electrons. The van der Waals surface area contributed by atoms with Crippen LogP contribution in [0.5, 0.6) is 0 Å². The maximum atomic E-state index is 12.1. The Morgan fingerprint density at radius 2 is 1.82 bits per heavy atom. The molecule has 0 unspecified atom stereocenters. The summed E-state index contributed by atoms with van der Waals surface area (Å²) in [5.41, 5.74) is 2.76. The Morgan fingerprint density at radius 3 is 2.41 bits per heavy atom. The van der Waals surface area contributed by atoms with Crippen molar-refractivity contribution in [3.63, 3.8) is 0 Å². The summed E-state index contributed by atoms with van der Waals surface area (Å²) >= 11 is 5.83. The van der Waals surface area contributed by atoms with Crippen molar-refractivity contribution in [2.75, 3.05) is 25.5 Å². The van der Waals surface area contributed by atoms with Gasteiger partial charge < -0.3 is 10.2 Å². The summed E-state index contributed by atoms with van der Waals surface area (Å²) in [4.78, 5) is 14.5. The van der Waals surface area contributed by atoms with Crippen molar-refractivity contribution >= 4 is 23.2 Å². The first-order valence-electron chi connectivity index (χ1n) is 7.47. The molecule has 2 aromatic rings. The number of nitrogens with zero attached hydrogens (tertiary/aromatic N) is 1. The number of halogens is 1. The van der Waals surface area contributed by atoms with Crippen molar-refractivity contribution in [2.45, 2.75) is 12.3 Å². The van der Waals surface area contributed by atoms with E-state index in [-0.39, 0.29) is 5.91 Å². The third kappa shape index (κ3) is 3.49. The Balaban J connectivity index is 1.65. The third-order valence-electron chi connectivity index (χ3n) is 4.14. The molecule has 0 aliphatic carbocycles. The van der Waals surface area contributed by atoms with Crippen LogP contribution in [0.3, 0.4) is 0 Å². The van der Waals surface area contributed by atoms with Gasteiger partial charge in [0, 0.05) is 22.8 Å². The van der Waals surface area contributed by atoms with Gasteiger partial charge in [-0.3, -0.25) is 4.79 Å². The molecule has 1 N–H and O–H groups in total. The summed E-state index contributed by atoms with van der Waals surface area (Å²) < 4.78 is 0. The summed E-state index contributed by atoms with van der Waals surface area (Å²) in [5, 5.41) is 3.54. The first-order valence-corrected chi connectivity index (χ1v) is 7.85. The van der Waals surface area contributed by atoms with Crippen LogP contribution >= 0.6 is 11.6 Å². The number of hydrogen-bond donors (Lipinski definition) is 1. The average molecular weight is 315 g/mol. The number of anilines is 1. The average Bonchev–Trinajstić information content (AvgIpc) is 2.95. The fourth-order valence-electron chi connectivity index (χ4n) is 2.85. The van der Waals surface area contributed by atoms with Crippen LogP contribution in [-0.2, 0) is 0 Å². The highest BCUT2D eigenvalue weighted by Gasteiger charge is 2.20. The topological polar surface area (TPSA) is 32.3 Å². The first kappa shape index (κ1) is 15.1. The molecule has 1 saturated heterocycles. The summed E-state index contributed by atoms with van der Waals surface area (Å²) in [6.45, 7) is 2.26. The smallest absolute Gasteiger partial charge is 0.255 e. The van der Waals surface area contributed by atoms with Gasteiger partial charge in [-0.25, -0.2) is 0 Å². The minimum absolute atomic E-state index is 0.120. The lowest BCUT2D eigenvalue weighted by Gasteiger charge is -2.12. The van der Waals surface area contributed by atoms with Crippen LogP contribution in [0.2, 0.25) is 5.02 Å². The fourth-order valence-corrected chi connectivity index (χ4v) is 2.98. The highest BCUT2D eigenvalue weighted by molar-refractivity contribution is 6.30. The quantitative estimate of drug-likeness (QED) is 0.928. The third-order valence-corrected chi connectivity index (χ3v) is 4.39. The number of likely N-dealkylation sites (N-methyl/N-ethyl adjacent to an activating group) is 1. The molecule has 0 saturated carbocycles. The number of likely N-dealkylation sites (tertiary alicyclic amines) is 1. The van der Waals surface area contributed by atoms with Gasteiger partial charge in [0.05, 0.1) is 0 Å². The molecule has 4 heteroatoms. The van der Waals surface area contributed by atoms with Crippen LogP contribution < -0.4 is 5.32 Å². The lowest BCUT2D eigenvalue weighted by molar-refractivity contribution is 0.102. The van der Waals surface area contributed by atoms with E-state index in [4.69, 9.17) is 11.6 Å². The van der Waals surface area contributed by atoms with Gasteiger partial charge in [0.2, 0.25) is 0 Å². The van der Waals surface area contributed by atoms with Gasteiger partial charge in [0.25, 0.3) is 5.91 Å². The molecule has 1 aliphatic rings. The van der Waals surface area contributed by atoms with Crippen molar-refractivity contribution < 1.29 is 4.79 Å². The first-order chi connectivity index (χ1) is 10.6. The second-order valence-electron chi connectivity index (χ2n) is 5.83. The number of benzene rings is 2. The van der Waals surface area contributed by atoms with E-state index < -0.39 is 0 Å². The zero-order valence-corrected chi connectivity index (χ0v) is 13.3. The largest absolute Gasteiger partial charge is 0.322 e. The van der Waals surface area contributed by atoms with Gasteiger partial charge in [-0.2, -0.15) is 0 Å². The molecule has 22 heavy (non-hydrogen) atoms. The molecule has 1 aliphatic heterocycles. The van der Waals surface area contributed by atoms with E-state index in [0.29, 0.717) is 16.5 Å². The van der Waals surface area contributed by atoms with Crippen LogP contribution in [0.25, 0.3) is 0 Å². The van der Waals surface area contributed by atoms with E-state index in [0.717, 1.165) is 18.8 Å². The number of rotatable bonds is 3. The van der Waals surface area contributed by atoms with Crippen LogP contribution in [0.4, 0.5) is 5.69 Å². The number of hydrogen-bond acceptors (Lipinski definition) is 2. The number of carbonyl (C=O) groups is 1. The lowest BCUT2D eigenvalue weighted by atomic mass is 9.98.